The summed E-state index contributed by atoms with van der Waals surface area (Å²) in [6.07, 6.45) is 0. The van der Waals surface area contributed by atoms with Crippen LogP contribution in [0.3, 0.4) is 0 Å². The molecule has 0 saturated carbocycles. The Bertz CT molecular complexity index is 853. The predicted octanol–water partition coefficient (Wildman–Crippen LogP) is 4.98. The van der Waals surface area contributed by atoms with E-state index >= 15 is 0 Å². The Kier molecular flexibility index (Phi) is 3.00. The number of nitrogens with zero attached hydrogens (tertiary/aromatic N) is 1. The lowest BCUT2D eigenvalue weighted by atomic mass is 10.00. The van der Waals surface area contributed by atoms with E-state index in [-0.39, 0.29) is 0 Å². The van der Waals surface area contributed by atoms with Crippen LogP contribution in [-0.2, 0) is 0 Å². The molecule has 0 aliphatic rings. The van der Waals surface area contributed by atoms with Crippen LogP contribution in [0, 0.1) is 25.2 Å². The van der Waals surface area contributed by atoms with Crippen LogP contribution in [-0.4, -0.2) is 4.98 Å². The van der Waals surface area contributed by atoms with Crippen molar-refractivity contribution < 1.29 is 0 Å². The normalized spacial score (nSPS) is 10.7. The Morgan fingerprint density at radius 2 is 1.90 bits per heavy atom. The molecule has 20 heavy (non-hydrogen) atoms. The highest BCUT2D eigenvalue weighted by Crippen LogP contribution is 2.33. The van der Waals surface area contributed by atoms with Crippen molar-refractivity contribution in [2.24, 2.45) is 0 Å². The van der Waals surface area contributed by atoms with E-state index in [4.69, 9.17) is 11.6 Å². The van der Waals surface area contributed by atoms with Crippen LogP contribution in [0.5, 0.6) is 0 Å². The van der Waals surface area contributed by atoms with Gasteiger partial charge in [0.1, 0.15) is 6.07 Å². The summed E-state index contributed by atoms with van der Waals surface area (Å²) < 4.78 is 0. The third-order valence-corrected chi connectivity index (χ3v) is 3.77. The molecule has 0 aliphatic carbocycles. The second-order valence-electron chi connectivity index (χ2n) is 5.00. The van der Waals surface area contributed by atoms with Crippen molar-refractivity contribution in [3.63, 3.8) is 0 Å². The maximum absolute atomic E-state index is 9.50. The van der Waals surface area contributed by atoms with E-state index in [2.05, 4.69) is 43.1 Å². The van der Waals surface area contributed by atoms with Crippen LogP contribution in [0.2, 0.25) is 5.02 Å². The van der Waals surface area contributed by atoms with E-state index in [0.717, 1.165) is 27.7 Å². The van der Waals surface area contributed by atoms with Gasteiger partial charge in [-0.3, -0.25) is 0 Å². The first-order valence-electron chi connectivity index (χ1n) is 6.39. The molecule has 3 rings (SSSR count). The van der Waals surface area contributed by atoms with Gasteiger partial charge in [0.15, 0.2) is 0 Å². The van der Waals surface area contributed by atoms with E-state index in [1.807, 2.05) is 18.2 Å². The Morgan fingerprint density at radius 3 is 2.65 bits per heavy atom. The summed E-state index contributed by atoms with van der Waals surface area (Å²) in [5.41, 5.74) is 5.83. The van der Waals surface area contributed by atoms with Crippen LogP contribution in [0.25, 0.3) is 22.2 Å². The molecular weight excluding hydrogens is 268 g/mol. The summed E-state index contributed by atoms with van der Waals surface area (Å²) in [5.74, 6) is 0. The number of hydrogen-bond acceptors (Lipinski definition) is 1. The number of rotatable bonds is 1. The van der Waals surface area contributed by atoms with Gasteiger partial charge in [-0.25, -0.2) is 0 Å². The molecule has 0 spiro atoms. The molecule has 0 radical (unpaired) electrons. The van der Waals surface area contributed by atoms with Crippen LogP contribution in [0.4, 0.5) is 0 Å². The number of hydrogen-bond donors (Lipinski definition) is 1. The van der Waals surface area contributed by atoms with Crippen molar-refractivity contribution in [1.82, 2.24) is 4.98 Å². The van der Waals surface area contributed by atoms with Crippen molar-refractivity contribution in [2.45, 2.75) is 13.8 Å². The molecule has 0 aliphatic heterocycles. The quantitative estimate of drug-likeness (QED) is 0.671. The minimum atomic E-state index is 0.639. The zero-order valence-corrected chi connectivity index (χ0v) is 12.0. The first kappa shape index (κ1) is 12.8. The number of benzene rings is 2. The van der Waals surface area contributed by atoms with Gasteiger partial charge in [-0.05, 0) is 43.7 Å². The third kappa shape index (κ3) is 1.97. The zero-order valence-electron chi connectivity index (χ0n) is 11.3. The molecule has 1 heterocycles. The lowest BCUT2D eigenvalue weighted by Gasteiger charge is -2.05. The van der Waals surface area contributed by atoms with Gasteiger partial charge in [-0.2, -0.15) is 5.26 Å². The van der Waals surface area contributed by atoms with E-state index in [1.165, 1.54) is 5.56 Å². The maximum Gasteiger partial charge on any atom is 0.102 e. The van der Waals surface area contributed by atoms with Crippen molar-refractivity contribution in [3.05, 3.63) is 58.1 Å². The molecule has 0 fully saturated rings. The number of aromatic amines is 1. The Labute approximate surface area is 122 Å². The number of halogens is 1. The van der Waals surface area contributed by atoms with Crippen molar-refractivity contribution in [1.29, 1.82) is 5.26 Å². The highest BCUT2D eigenvalue weighted by Gasteiger charge is 2.14. The lowest BCUT2D eigenvalue weighted by Crippen LogP contribution is -1.87. The summed E-state index contributed by atoms with van der Waals surface area (Å²) in [7, 11) is 0. The summed E-state index contributed by atoms with van der Waals surface area (Å²) in [5, 5.41) is 11.0. The fourth-order valence-electron chi connectivity index (χ4n) is 2.49. The molecular formula is C17H13ClN2. The number of nitriles is 1. The van der Waals surface area contributed by atoms with Gasteiger partial charge in [0.25, 0.3) is 0 Å². The van der Waals surface area contributed by atoms with E-state index < -0.39 is 0 Å². The highest BCUT2D eigenvalue weighted by atomic mass is 35.5. The summed E-state index contributed by atoms with van der Waals surface area (Å²) in [6.45, 7) is 4.10. The summed E-state index contributed by atoms with van der Waals surface area (Å²) in [6, 6.07) is 14.1. The summed E-state index contributed by atoms with van der Waals surface area (Å²) >= 11 is 6.04. The van der Waals surface area contributed by atoms with Crippen LogP contribution >= 0.6 is 11.6 Å². The van der Waals surface area contributed by atoms with Crippen LogP contribution in [0.15, 0.2) is 36.4 Å². The first-order chi connectivity index (χ1) is 9.60. The molecule has 0 atom stereocenters. The van der Waals surface area contributed by atoms with Crippen molar-refractivity contribution in [3.8, 4) is 17.3 Å². The third-order valence-electron chi connectivity index (χ3n) is 3.53. The van der Waals surface area contributed by atoms with E-state index in [0.29, 0.717) is 10.6 Å². The Balaban J connectivity index is 2.37. The number of aromatic nitrogens is 1. The standard InChI is InChI=1S/C17H13ClN2/c1-10-3-4-11(2)13(7-10)17-15(9-19)14-8-12(18)5-6-16(14)20-17/h3-8,20H,1-2H3. The van der Waals surface area contributed by atoms with Gasteiger partial charge in [0, 0.05) is 21.5 Å². The SMILES string of the molecule is Cc1ccc(C)c(-c2[nH]c3ccc(Cl)cc3c2C#N)c1. The number of nitrogens with one attached hydrogen (secondary N) is 1. The van der Waals surface area contributed by atoms with E-state index in [1.54, 1.807) is 0 Å². The molecule has 3 aromatic rings. The molecule has 1 aromatic heterocycles. The molecule has 0 bridgehead atoms. The molecule has 3 heteroatoms. The zero-order chi connectivity index (χ0) is 14.3. The van der Waals surface area contributed by atoms with Gasteiger partial charge >= 0.3 is 0 Å². The number of aryl methyl sites for hydroxylation is 2. The smallest absolute Gasteiger partial charge is 0.102 e. The van der Waals surface area contributed by atoms with Crippen molar-refractivity contribution in [2.75, 3.05) is 0 Å². The van der Waals surface area contributed by atoms with Crippen LogP contribution in [0.1, 0.15) is 16.7 Å². The predicted molar refractivity (Wildman–Crippen MR) is 82.9 cm³/mol. The fraction of sp³-hybridized carbons (Fsp3) is 0.118. The number of fused-ring (bicyclic) bond motifs is 1. The second kappa shape index (κ2) is 4.70. The highest BCUT2D eigenvalue weighted by molar-refractivity contribution is 6.31. The monoisotopic (exact) mass is 280 g/mol. The van der Waals surface area contributed by atoms with Gasteiger partial charge in [-0.1, -0.05) is 29.3 Å². The molecule has 0 amide bonds. The molecule has 2 nitrogen and oxygen atoms in total. The maximum atomic E-state index is 9.50. The Hall–Kier alpha value is -2.24. The largest absolute Gasteiger partial charge is 0.353 e. The van der Waals surface area contributed by atoms with Gasteiger partial charge in [0.05, 0.1) is 11.3 Å². The van der Waals surface area contributed by atoms with E-state index in [9.17, 15) is 5.26 Å². The minimum absolute atomic E-state index is 0.639. The Morgan fingerprint density at radius 1 is 1.10 bits per heavy atom. The second-order valence-corrected chi connectivity index (χ2v) is 5.43. The minimum Gasteiger partial charge on any atom is -0.353 e. The molecule has 2 aromatic carbocycles. The fourth-order valence-corrected chi connectivity index (χ4v) is 2.66. The summed E-state index contributed by atoms with van der Waals surface area (Å²) in [4.78, 5) is 3.35. The van der Waals surface area contributed by atoms with Crippen molar-refractivity contribution >= 4 is 22.5 Å². The van der Waals surface area contributed by atoms with Gasteiger partial charge in [0.2, 0.25) is 0 Å². The molecule has 98 valence electrons. The number of H-pyrrole nitrogens is 1. The average molecular weight is 281 g/mol. The molecule has 0 unspecified atom stereocenters. The molecule has 1 N–H and O–H groups in total. The molecule has 0 saturated heterocycles. The van der Waals surface area contributed by atoms with Crippen LogP contribution < -0.4 is 0 Å². The topological polar surface area (TPSA) is 39.6 Å². The van der Waals surface area contributed by atoms with Gasteiger partial charge < -0.3 is 4.98 Å². The lowest BCUT2D eigenvalue weighted by molar-refractivity contribution is 1.35. The first-order valence-corrected chi connectivity index (χ1v) is 6.77. The van der Waals surface area contributed by atoms with Gasteiger partial charge in [-0.15, -0.1) is 0 Å². The average Bonchev–Trinajstić information content (AvgIpc) is 2.79.